The zero-order chi connectivity index (χ0) is 16.6. The number of fused-ring (bicyclic) bond motifs is 1. The summed E-state index contributed by atoms with van der Waals surface area (Å²) in [5.74, 6) is 1.52. The Hall–Kier alpha value is -2.35. The maximum Gasteiger partial charge on any atom is 0.0652 e. The summed E-state index contributed by atoms with van der Waals surface area (Å²) in [6.45, 7) is 4.80. The Bertz CT molecular complexity index is 720. The van der Waals surface area contributed by atoms with Crippen LogP contribution in [0.15, 0.2) is 77.4 Å². The molecule has 0 heterocycles. The lowest BCUT2D eigenvalue weighted by atomic mass is 9.49. The van der Waals surface area contributed by atoms with Crippen LogP contribution in [0.25, 0.3) is 0 Å². The van der Waals surface area contributed by atoms with Gasteiger partial charge in [-0.1, -0.05) is 56.3 Å². The third-order valence-electron chi connectivity index (χ3n) is 5.83. The van der Waals surface area contributed by atoms with Gasteiger partial charge in [0.1, 0.15) is 0 Å². The van der Waals surface area contributed by atoms with Crippen molar-refractivity contribution < 1.29 is 0 Å². The van der Waals surface area contributed by atoms with Crippen molar-refractivity contribution in [3.63, 3.8) is 0 Å². The average molecular weight is 316 g/mol. The third-order valence-corrected chi connectivity index (χ3v) is 5.83. The smallest absolute Gasteiger partial charge is 0.0652 e. The Morgan fingerprint density at radius 1 is 0.958 bits per heavy atom. The molecule has 0 unspecified atom stereocenters. The maximum atomic E-state index is 4.87. The number of benzene rings is 2. The molecule has 2 aromatic rings. The first kappa shape index (κ1) is 15.2. The van der Waals surface area contributed by atoms with E-state index >= 15 is 0 Å². The van der Waals surface area contributed by atoms with E-state index in [1.807, 2.05) is 17.1 Å². The fourth-order valence-corrected chi connectivity index (χ4v) is 4.09. The molecule has 0 saturated heterocycles. The van der Waals surface area contributed by atoms with Gasteiger partial charge in [0.05, 0.1) is 17.6 Å². The molecule has 0 N–H and O–H groups in total. The Balaban J connectivity index is 1.65. The Kier molecular flexibility index (Phi) is 3.76. The van der Waals surface area contributed by atoms with Crippen LogP contribution in [0, 0.1) is 17.3 Å². The van der Waals surface area contributed by atoms with Gasteiger partial charge in [0.15, 0.2) is 0 Å². The van der Waals surface area contributed by atoms with Gasteiger partial charge in [-0.05, 0) is 59.9 Å². The third kappa shape index (κ3) is 2.56. The van der Waals surface area contributed by atoms with Gasteiger partial charge < -0.3 is 0 Å². The van der Waals surface area contributed by atoms with E-state index in [9.17, 15) is 0 Å². The van der Waals surface area contributed by atoms with Gasteiger partial charge in [-0.2, -0.15) is 5.10 Å². The van der Waals surface area contributed by atoms with Gasteiger partial charge in [0, 0.05) is 0 Å². The molecule has 0 radical (unpaired) electrons. The van der Waals surface area contributed by atoms with Gasteiger partial charge in [0.2, 0.25) is 0 Å². The van der Waals surface area contributed by atoms with Crippen molar-refractivity contribution >= 4 is 17.6 Å². The van der Waals surface area contributed by atoms with E-state index in [4.69, 9.17) is 5.10 Å². The molecule has 0 aromatic heterocycles. The highest BCUT2D eigenvalue weighted by Gasteiger charge is 2.50. The Morgan fingerprint density at radius 2 is 1.54 bits per heavy atom. The summed E-state index contributed by atoms with van der Waals surface area (Å²) in [6.07, 6.45) is 6.99. The molecule has 5 rings (SSSR count). The van der Waals surface area contributed by atoms with Crippen LogP contribution >= 0.6 is 0 Å². The maximum absolute atomic E-state index is 4.87. The highest BCUT2D eigenvalue weighted by atomic mass is 15.5. The minimum atomic E-state index is 0.431. The first-order chi connectivity index (χ1) is 11.7. The van der Waals surface area contributed by atoms with Crippen LogP contribution < -0.4 is 5.01 Å². The fraction of sp³-hybridized carbons (Fsp3) is 0.318. The monoisotopic (exact) mass is 316 g/mol. The SMILES string of the molecule is CC1(C)[C@H]2CC=C(/C=N/N(c3ccccc3)c3ccccc3)[C@@H]1C2. The number of para-hydroxylation sites is 2. The second-order valence-electron chi connectivity index (χ2n) is 7.47. The molecule has 3 aliphatic carbocycles. The number of hydrogen-bond donors (Lipinski definition) is 0. The number of hydrogen-bond acceptors (Lipinski definition) is 2. The van der Waals surface area contributed by atoms with Crippen molar-refractivity contribution in [1.29, 1.82) is 0 Å². The molecule has 0 spiro atoms. The molecular weight excluding hydrogens is 292 g/mol. The number of anilines is 2. The molecule has 1 fully saturated rings. The van der Waals surface area contributed by atoms with Crippen LogP contribution in [0.5, 0.6) is 0 Å². The van der Waals surface area contributed by atoms with Crippen LogP contribution in [-0.2, 0) is 0 Å². The van der Waals surface area contributed by atoms with Crippen molar-refractivity contribution in [2.45, 2.75) is 26.7 Å². The second-order valence-corrected chi connectivity index (χ2v) is 7.47. The first-order valence-corrected chi connectivity index (χ1v) is 8.80. The lowest BCUT2D eigenvalue weighted by Crippen LogP contribution is -2.48. The number of allylic oxidation sites excluding steroid dienone is 2. The zero-order valence-electron chi connectivity index (χ0n) is 14.4. The van der Waals surface area contributed by atoms with Gasteiger partial charge in [0.25, 0.3) is 0 Å². The van der Waals surface area contributed by atoms with Crippen molar-refractivity contribution in [3.8, 4) is 0 Å². The summed E-state index contributed by atoms with van der Waals surface area (Å²) >= 11 is 0. The lowest BCUT2D eigenvalue weighted by Gasteiger charge is -2.55. The van der Waals surface area contributed by atoms with Gasteiger partial charge in [-0.25, -0.2) is 5.01 Å². The highest BCUT2D eigenvalue weighted by molar-refractivity contribution is 5.82. The van der Waals surface area contributed by atoms with E-state index in [1.165, 1.54) is 18.4 Å². The Morgan fingerprint density at radius 3 is 2.04 bits per heavy atom. The minimum Gasteiger partial charge on any atom is -0.234 e. The molecule has 24 heavy (non-hydrogen) atoms. The van der Waals surface area contributed by atoms with Crippen LogP contribution in [-0.4, -0.2) is 6.21 Å². The summed E-state index contributed by atoms with van der Waals surface area (Å²) < 4.78 is 0. The van der Waals surface area contributed by atoms with Crippen LogP contribution in [0.2, 0.25) is 0 Å². The number of nitrogens with zero attached hydrogens (tertiary/aromatic N) is 2. The second kappa shape index (κ2) is 5.94. The molecule has 2 bridgehead atoms. The number of rotatable bonds is 4. The summed E-state index contributed by atoms with van der Waals surface area (Å²) in [4.78, 5) is 0. The molecule has 2 nitrogen and oxygen atoms in total. The van der Waals surface area contributed by atoms with Crippen LogP contribution in [0.3, 0.4) is 0 Å². The minimum absolute atomic E-state index is 0.431. The van der Waals surface area contributed by atoms with E-state index < -0.39 is 0 Å². The topological polar surface area (TPSA) is 15.6 Å². The summed E-state index contributed by atoms with van der Waals surface area (Å²) in [7, 11) is 0. The lowest BCUT2D eigenvalue weighted by molar-refractivity contribution is -0.00125. The van der Waals surface area contributed by atoms with E-state index in [0.717, 1.165) is 17.3 Å². The van der Waals surface area contributed by atoms with E-state index in [0.29, 0.717) is 11.3 Å². The molecule has 0 aliphatic heterocycles. The molecule has 2 aromatic carbocycles. The van der Waals surface area contributed by atoms with Crippen molar-refractivity contribution in [2.24, 2.45) is 22.4 Å². The van der Waals surface area contributed by atoms with E-state index in [2.05, 4.69) is 74.7 Å². The molecule has 0 amide bonds. The molecule has 3 aliphatic rings. The quantitative estimate of drug-likeness (QED) is 0.514. The Labute approximate surface area is 144 Å². The van der Waals surface area contributed by atoms with Crippen LogP contribution in [0.4, 0.5) is 11.4 Å². The largest absolute Gasteiger partial charge is 0.234 e. The molecular formula is C22H24N2. The standard InChI is InChI=1S/C22H24N2/c1-22(2)18-14-13-17(21(22)15-18)16-23-24(19-9-5-3-6-10-19)20-11-7-4-8-12-20/h3-13,16,18,21H,14-15H2,1-2H3/b23-16+/t18-,21-/m0/s1. The van der Waals surface area contributed by atoms with Crippen molar-refractivity contribution in [1.82, 2.24) is 0 Å². The van der Waals surface area contributed by atoms with Crippen molar-refractivity contribution in [3.05, 3.63) is 72.3 Å². The summed E-state index contributed by atoms with van der Waals surface area (Å²) in [5, 5.41) is 6.89. The summed E-state index contributed by atoms with van der Waals surface area (Å²) in [5.41, 5.74) is 4.00. The highest BCUT2D eigenvalue weighted by Crippen LogP contribution is 2.58. The zero-order valence-corrected chi connectivity index (χ0v) is 14.4. The van der Waals surface area contributed by atoms with Gasteiger partial charge in [-0.15, -0.1) is 0 Å². The fourth-order valence-electron chi connectivity index (χ4n) is 4.09. The van der Waals surface area contributed by atoms with Gasteiger partial charge >= 0.3 is 0 Å². The van der Waals surface area contributed by atoms with Gasteiger partial charge in [-0.3, -0.25) is 0 Å². The van der Waals surface area contributed by atoms with Crippen molar-refractivity contribution in [2.75, 3.05) is 5.01 Å². The molecule has 122 valence electrons. The molecule has 2 heteroatoms. The predicted molar refractivity (Wildman–Crippen MR) is 102 cm³/mol. The average Bonchev–Trinajstić information content (AvgIpc) is 2.63. The van der Waals surface area contributed by atoms with E-state index in [-0.39, 0.29) is 0 Å². The van der Waals surface area contributed by atoms with Crippen LogP contribution in [0.1, 0.15) is 26.7 Å². The first-order valence-electron chi connectivity index (χ1n) is 8.80. The molecule has 2 atom stereocenters. The number of hydrazone groups is 1. The molecule has 1 saturated carbocycles. The van der Waals surface area contributed by atoms with E-state index in [1.54, 1.807) is 0 Å². The summed E-state index contributed by atoms with van der Waals surface area (Å²) in [6, 6.07) is 20.7. The normalized spacial score (nSPS) is 24.3. The predicted octanol–water partition coefficient (Wildman–Crippen LogP) is 5.80.